The van der Waals surface area contributed by atoms with Crippen LogP contribution in [0, 0.1) is 5.92 Å². The lowest BCUT2D eigenvalue weighted by molar-refractivity contribution is 0.0549. The summed E-state index contributed by atoms with van der Waals surface area (Å²) >= 11 is 1.96. The fourth-order valence-electron chi connectivity index (χ4n) is 2.12. The molecule has 0 aromatic heterocycles. The Balaban J connectivity index is 1.77. The zero-order valence-electron chi connectivity index (χ0n) is 10.7. The minimum absolute atomic E-state index is 0.769. The Morgan fingerprint density at radius 2 is 2.12 bits per heavy atom. The minimum atomic E-state index is 0.769. The van der Waals surface area contributed by atoms with Gasteiger partial charge >= 0.3 is 0 Å². The van der Waals surface area contributed by atoms with Crippen molar-refractivity contribution in [2.75, 3.05) is 38.3 Å². The molecule has 0 aliphatic carbocycles. The van der Waals surface area contributed by atoms with Gasteiger partial charge in [0.15, 0.2) is 0 Å². The van der Waals surface area contributed by atoms with E-state index in [0.717, 1.165) is 25.7 Å². The van der Waals surface area contributed by atoms with Crippen LogP contribution in [0.5, 0.6) is 0 Å². The lowest BCUT2D eigenvalue weighted by Gasteiger charge is -2.22. The van der Waals surface area contributed by atoms with Gasteiger partial charge in [0.2, 0.25) is 0 Å². The van der Waals surface area contributed by atoms with Gasteiger partial charge in [-0.25, -0.2) is 0 Å². The second-order valence-corrected chi connectivity index (χ2v) is 5.68. The number of ether oxygens (including phenoxy) is 1. The maximum atomic E-state index is 5.46. The monoisotopic (exact) mass is 245 g/mol. The third kappa shape index (κ3) is 7.53. The maximum Gasteiger partial charge on any atom is 0.0506 e. The van der Waals surface area contributed by atoms with Gasteiger partial charge in [-0.1, -0.05) is 12.8 Å². The fourth-order valence-corrected chi connectivity index (χ4v) is 2.62. The van der Waals surface area contributed by atoms with Crippen LogP contribution < -0.4 is 5.32 Å². The van der Waals surface area contributed by atoms with Gasteiger partial charge < -0.3 is 10.1 Å². The van der Waals surface area contributed by atoms with E-state index in [1.54, 1.807) is 0 Å². The third-order valence-corrected chi connectivity index (χ3v) is 3.84. The lowest BCUT2D eigenvalue weighted by Crippen LogP contribution is -2.29. The second kappa shape index (κ2) is 10.4. The summed E-state index contributed by atoms with van der Waals surface area (Å²) in [6, 6.07) is 0. The Bertz CT molecular complexity index is 149. The van der Waals surface area contributed by atoms with Gasteiger partial charge in [0, 0.05) is 13.2 Å². The van der Waals surface area contributed by atoms with E-state index < -0.39 is 0 Å². The molecule has 0 saturated carbocycles. The molecule has 0 radical (unpaired) electrons. The van der Waals surface area contributed by atoms with Crippen LogP contribution in [0.15, 0.2) is 0 Å². The van der Waals surface area contributed by atoms with Crippen molar-refractivity contribution in [3.8, 4) is 0 Å². The SMILES string of the molecule is CSCCCCCCNCC1CCCOC1. The summed E-state index contributed by atoms with van der Waals surface area (Å²) in [6.45, 7) is 4.30. The van der Waals surface area contributed by atoms with Gasteiger partial charge in [0.05, 0.1) is 6.61 Å². The summed E-state index contributed by atoms with van der Waals surface area (Å²) in [5.41, 5.74) is 0. The molecule has 0 amide bonds. The summed E-state index contributed by atoms with van der Waals surface area (Å²) in [6.07, 6.45) is 10.3. The first-order chi connectivity index (χ1) is 7.93. The molecule has 1 unspecified atom stereocenters. The van der Waals surface area contributed by atoms with Crippen LogP contribution in [-0.2, 0) is 4.74 Å². The van der Waals surface area contributed by atoms with Crippen LogP contribution >= 0.6 is 11.8 Å². The van der Waals surface area contributed by atoms with Crippen molar-refractivity contribution < 1.29 is 4.74 Å². The molecule has 3 heteroatoms. The Morgan fingerprint density at radius 3 is 2.88 bits per heavy atom. The Labute approximate surface area is 105 Å². The first-order valence-electron chi connectivity index (χ1n) is 6.71. The lowest BCUT2D eigenvalue weighted by atomic mass is 10.0. The molecule has 1 fully saturated rings. The number of nitrogens with one attached hydrogen (secondary N) is 1. The predicted molar refractivity (Wildman–Crippen MR) is 73.3 cm³/mol. The minimum Gasteiger partial charge on any atom is -0.381 e. The predicted octanol–water partition coefficient (Wildman–Crippen LogP) is 2.93. The van der Waals surface area contributed by atoms with E-state index in [-0.39, 0.29) is 0 Å². The summed E-state index contributed by atoms with van der Waals surface area (Å²) < 4.78 is 5.46. The van der Waals surface area contributed by atoms with Crippen LogP contribution in [0.25, 0.3) is 0 Å². The number of thioether (sulfide) groups is 1. The molecule has 1 rings (SSSR count). The van der Waals surface area contributed by atoms with Gasteiger partial charge in [-0.05, 0) is 50.2 Å². The highest BCUT2D eigenvalue weighted by Crippen LogP contribution is 2.12. The molecule has 1 atom stereocenters. The highest BCUT2D eigenvalue weighted by molar-refractivity contribution is 7.98. The normalized spacial score (nSPS) is 21.2. The van der Waals surface area contributed by atoms with Gasteiger partial charge in [0.25, 0.3) is 0 Å². The number of unbranched alkanes of at least 4 members (excludes halogenated alkanes) is 3. The maximum absolute atomic E-state index is 5.46. The van der Waals surface area contributed by atoms with Gasteiger partial charge in [-0.3, -0.25) is 0 Å². The van der Waals surface area contributed by atoms with E-state index >= 15 is 0 Å². The number of rotatable bonds is 9. The smallest absolute Gasteiger partial charge is 0.0506 e. The van der Waals surface area contributed by atoms with Crippen LogP contribution in [0.2, 0.25) is 0 Å². The molecular formula is C13H27NOS. The van der Waals surface area contributed by atoms with Crippen molar-refractivity contribution in [3.05, 3.63) is 0 Å². The van der Waals surface area contributed by atoms with Crippen LogP contribution in [0.4, 0.5) is 0 Å². The summed E-state index contributed by atoms with van der Waals surface area (Å²) in [4.78, 5) is 0. The molecule has 16 heavy (non-hydrogen) atoms. The van der Waals surface area contributed by atoms with Crippen molar-refractivity contribution >= 4 is 11.8 Å². The average molecular weight is 245 g/mol. The number of hydrogen-bond donors (Lipinski definition) is 1. The molecule has 1 saturated heterocycles. The van der Waals surface area contributed by atoms with Gasteiger partial charge in [-0.2, -0.15) is 11.8 Å². The zero-order chi connectivity index (χ0) is 11.5. The molecule has 0 bridgehead atoms. The summed E-state index contributed by atoms with van der Waals surface area (Å²) in [5, 5.41) is 3.56. The van der Waals surface area contributed by atoms with Crippen molar-refractivity contribution in [2.24, 2.45) is 5.92 Å². The van der Waals surface area contributed by atoms with E-state index in [0.29, 0.717) is 0 Å². The first kappa shape index (κ1) is 14.3. The van der Waals surface area contributed by atoms with Crippen molar-refractivity contribution in [3.63, 3.8) is 0 Å². The molecule has 0 spiro atoms. The van der Waals surface area contributed by atoms with Gasteiger partial charge in [0.1, 0.15) is 0 Å². The molecule has 2 nitrogen and oxygen atoms in total. The molecule has 0 aromatic carbocycles. The Hall–Kier alpha value is 0.270. The van der Waals surface area contributed by atoms with Gasteiger partial charge in [-0.15, -0.1) is 0 Å². The first-order valence-corrected chi connectivity index (χ1v) is 8.10. The third-order valence-electron chi connectivity index (χ3n) is 3.14. The van der Waals surface area contributed by atoms with Crippen LogP contribution in [0.1, 0.15) is 38.5 Å². The molecule has 1 aliphatic heterocycles. The van der Waals surface area contributed by atoms with Crippen molar-refractivity contribution in [2.45, 2.75) is 38.5 Å². The van der Waals surface area contributed by atoms with E-state index in [2.05, 4.69) is 11.6 Å². The van der Waals surface area contributed by atoms with Crippen molar-refractivity contribution in [1.82, 2.24) is 5.32 Å². The van der Waals surface area contributed by atoms with E-state index in [1.165, 1.54) is 50.8 Å². The molecular weight excluding hydrogens is 218 g/mol. The average Bonchev–Trinajstić information content (AvgIpc) is 2.34. The summed E-state index contributed by atoms with van der Waals surface area (Å²) in [5.74, 6) is 2.09. The van der Waals surface area contributed by atoms with Crippen LogP contribution in [-0.4, -0.2) is 38.3 Å². The largest absolute Gasteiger partial charge is 0.381 e. The molecule has 1 heterocycles. The van der Waals surface area contributed by atoms with E-state index in [4.69, 9.17) is 4.74 Å². The summed E-state index contributed by atoms with van der Waals surface area (Å²) in [7, 11) is 0. The van der Waals surface area contributed by atoms with Crippen LogP contribution in [0.3, 0.4) is 0 Å². The standard InChI is InChI=1S/C13H27NOS/c1-16-10-5-3-2-4-8-14-11-13-7-6-9-15-12-13/h13-14H,2-12H2,1H3. The number of hydrogen-bond acceptors (Lipinski definition) is 3. The van der Waals surface area contributed by atoms with Crippen molar-refractivity contribution in [1.29, 1.82) is 0 Å². The Kier molecular flexibility index (Phi) is 9.34. The second-order valence-electron chi connectivity index (χ2n) is 4.69. The molecule has 1 aliphatic rings. The van der Waals surface area contributed by atoms with E-state index in [9.17, 15) is 0 Å². The highest BCUT2D eigenvalue weighted by atomic mass is 32.2. The fraction of sp³-hybridized carbons (Fsp3) is 1.00. The Morgan fingerprint density at radius 1 is 1.25 bits per heavy atom. The molecule has 0 aromatic rings. The van der Waals surface area contributed by atoms with E-state index in [1.807, 2.05) is 11.8 Å². The topological polar surface area (TPSA) is 21.3 Å². The molecule has 96 valence electrons. The highest BCUT2D eigenvalue weighted by Gasteiger charge is 2.12. The molecule has 1 N–H and O–H groups in total. The zero-order valence-corrected chi connectivity index (χ0v) is 11.5. The quantitative estimate of drug-likeness (QED) is 0.631.